The first-order valence-corrected chi connectivity index (χ1v) is 13.4. The number of nitrogens with zero attached hydrogens (tertiary/aromatic N) is 1. The summed E-state index contributed by atoms with van der Waals surface area (Å²) in [5.41, 5.74) is 3.84. The molecule has 0 radical (unpaired) electrons. The molecule has 0 saturated heterocycles. The lowest BCUT2D eigenvalue weighted by Gasteiger charge is -2.22. The number of hydrogen-bond donors (Lipinski definition) is 1. The zero-order valence-corrected chi connectivity index (χ0v) is 17.9. The summed E-state index contributed by atoms with van der Waals surface area (Å²) in [5, 5.41) is 4.83. The van der Waals surface area contributed by atoms with Gasteiger partial charge in [0.1, 0.15) is 5.82 Å². The van der Waals surface area contributed by atoms with E-state index in [1.165, 1.54) is 17.9 Å². The maximum atomic E-state index is 14.7. The molecule has 0 unspecified atom stereocenters. The molecule has 6 heteroatoms. The number of pyridine rings is 1. The Hall–Kier alpha value is -2.21. The Labute approximate surface area is 166 Å². The first kappa shape index (κ1) is 19.1. The number of fused-ring (bicyclic) bond motifs is 1. The van der Waals surface area contributed by atoms with E-state index in [1.54, 1.807) is 12.3 Å². The van der Waals surface area contributed by atoms with Crippen LogP contribution in [0.1, 0.15) is 41.6 Å². The zero-order chi connectivity index (χ0) is 20.1. The number of nitrogens with one attached hydrogen (secondary N) is 1. The van der Waals surface area contributed by atoms with Gasteiger partial charge in [0.2, 0.25) is 0 Å². The fourth-order valence-electron chi connectivity index (χ4n) is 4.41. The van der Waals surface area contributed by atoms with Crippen LogP contribution in [0.15, 0.2) is 30.5 Å². The molecule has 0 amide bonds. The van der Waals surface area contributed by atoms with Crippen LogP contribution in [-0.4, -0.2) is 26.1 Å². The van der Waals surface area contributed by atoms with Crippen LogP contribution in [0.5, 0.6) is 0 Å². The van der Waals surface area contributed by atoms with Gasteiger partial charge in [-0.2, -0.15) is 0 Å². The molecule has 148 valence electrons. The van der Waals surface area contributed by atoms with Crippen molar-refractivity contribution in [3.63, 3.8) is 0 Å². The molecule has 28 heavy (non-hydrogen) atoms. The van der Waals surface area contributed by atoms with E-state index in [0.717, 1.165) is 36.2 Å². The predicted octanol–water partition coefficient (Wildman–Crippen LogP) is 4.14. The largest absolute Gasteiger partial charge is 0.469 e. The average molecular weight is 399 g/mol. The van der Waals surface area contributed by atoms with Crippen molar-refractivity contribution in [1.82, 2.24) is 4.98 Å². The lowest BCUT2D eigenvalue weighted by Crippen LogP contribution is -2.40. The summed E-state index contributed by atoms with van der Waals surface area (Å²) in [4.78, 5) is 16.1. The Kier molecular flexibility index (Phi) is 4.77. The fraction of sp³-hybridized carbons (Fsp3) is 0.455. The minimum Gasteiger partial charge on any atom is -0.469 e. The number of benzene rings is 1. The molecule has 4 nitrogen and oxygen atoms in total. The van der Waals surface area contributed by atoms with Crippen LogP contribution in [0.4, 0.5) is 10.1 Å². The second kappa shape index (κ2) is 6.99. The average Bonchev–Trinajstić information content (AvgIpc) is 3.35. The van der Waals surface area contributed by atoms with Crippen molar-refractivity contribution in [3.8, 4) is 0 Å². The van der Waals surface area contributed by atoms with Crippen LogP contribution in [0, 0.1) is 11.7 Å². The van der Waals surface area contributed by atoms with Gasteiger partial charge < -0.3 is 10.1 Å². The number of ether oxygens (including phenoxy) is 1. The number of methoxy groups -OCH3 is 1. The normalized spacial score (nSPS) is 23.2. The molecule has 1 N–H and O–H groups in total. The first-order valence-electron chi connectivity index (χ1n) is 9.91. The Bertz CT molecular complexity index is 908. The van der Waals surface area contributed by atoms with E-state index in [1.807, 2.05) is 18.2 Å². The standard InChI is InChI=1S/C22H27FN2O2Si/c1-27-22(26)16-11-15(16)18-8-5-13(12-24-18)25-19-9-6-14-20(28(2,3)4)10-7-17(23)21(14)19/h5,7-8,10,12,15-16,19,25H,6,9,11H2,1-4H3/t15-,16-,19+/m0/s1. The highest BCUT2D eigenvalue weighted by atomic mass is 28.3. The van der Waals surface area contributed by atoms with Gasteiger partial charge in [-0.25, -0.2) is 4.39 Å². The quantitative estimate of drug-likeness (QED) is 0.607. The Morgan fingerprint density at radius 3 is 2.68 bits per heavy atom. The fourth-order valence-corrected chi connectivity index (χ4v) is 6.16. The number of carbonyl (C=O) groups is 1. The first-order chi connectivity index (χ1) is 13.3. The molecule has 0 aliphatic heterocycles. The second-order valence-electron chi connectivity index (χ2n) is 8.92. The third-order valence-electron chi connectivity index (χ3n) is 5.94. The zero-order valence-electron chi connectivity index (χ0n) is 16.9. The van der Waals surface area contributed by atoms with Gasteiger partial charge in [-0.05, 0) is 43.0 Å². The molecular weight excluding hydrogens is 371 g/mol. The molecule has 1 aromatic heterocycles. The summed E-state index contributed by atoms with van der Waals surface area (Å²) in [7, 11) is -0.0907. The van der Waals surface area contributed by atoms with Crippen molar-refractivity contribution < 1.29 is 13.9 Å². The SMILES string of the molecule is COC(=O)[C@H]1C[C@@H]1c1ccc(N[C@@H]2CCc3c([Si](C)(C)C)ccc(F)c32)cn1. The van der Waals surface area contributed by atoms with E-state index in [-0.39, 0.29) is 29.7 Å². The van der Waals surface area contributed by atoms with Gasteiger partial charge in [-0.15, -0.1) is 0 Å². The van der Waals surface area contributed by atoms with Crippen LogP contribution in [0.2, 0.25) is 19.6 Å². The van der Waals surface area contributed by atoms with Gasteiger partial charge in [0, 0.05) is 17.2 Å². The predicted molar refractivity (Wildman–Crippen MR) is 111 cm³/mol. The summed E-state index contributed by atoms with van der Waals surface area (Å²) in [6, 6.07) is 7.54. The number of anilines is 1. The Balaban J connectivity index is 1.51. The number of rotatable bonds is 5. The summed E-state index contributed by atoms with van der Waals surface area (Å²) >= 11 is 0. The summed E-state index contributed by atoms with van der Waals surface area (Å²) in [6.45, 7) is 6.93. The number of carbonyl (C=O) groups excluding carboxylic acids is 1. The topological polar surface area (TPSA) is 51.2 Å². The third kappa shape index (κ3) is 3.46. The second-order valence-corrected chi connectivity index (χ2v) is 14.0. The highest BCUT2D eigenvalue weighted by Gasteiger charge is 2.45. The van der Waals surface area contributed by atoms with Gasteiger partial charge >= 0.3 is 5.97 Å². The molecule has 2 aliphatic rings. The van der Waals surface area contributed by atoms with Crippen LogP contribution < -0.4 is 10.5 Å². The van der Waals surface area contributed by atoms with Crippen LogP contribution in [0.25, 0.3) is 0 Å². The highest BCUT2D eigenvalue weighted by molar-refractivity contribution is 6.89. The molecule has 3 atom stereocenters. The van der Waals surface area contributed by atoms with E-state index in [9.17, 15) is 9.18 Å². The smallest absolute Gasteiger partial charge is 0.309 e. The van der Waals surface area contributed by atoms with Gasteiger partial charge in [-0.3, -0.25) is 9.78 Å². The number of aromatic nitrogens is 1. The van der Waals surface area contributed by atoms with Crippen LogP contribution in [-0.2, 0) is 16.0 Å². The van der Waals surface area contributed by atoms with E-state index in [0.29, 0.717) is 0 Å². The van der Waals surface area contributed by atoms with Crippen molar-refractivity contribution in [2.45, 2.75) is 50.9 Å². The lowest BCUT2D eigenvalue weighted by molar-refractivity contribution is -0.142. The molecular formula is C22H27FN2O2Si. The van der Waals surface area contributed by atoms with Crippen molar-refractivity contribution in [1.29, 1.82) is 0 Å². The minimum absolute atomic E-state index is 0.0253. The minimum atomic E-state index is -1.51. The van der Waals surface area contributed by atoms with E-state index >= 15 is 0 Å². The molecule has 1 saturated carbocycles. The summed E-state index contributed by atoms with van der Waals surface area (Å²) < 4.78 is 19.5. The number of hydrogen-bond acceptors (Lipinski definition) is 4. The van der Waals surface area contributed by atoms with Crippen molar-refractivity contribution in [2.75, 3.05) is 12.4 Å². The molecule has 0 bridgehead atoms. The van der Waals surface area contributed by atoms with Crippen molar-refractivity contribution in [2.24, 2.45) is 5.92 Å². The molecule has 4 rings (SSSR count). The van der Waals surface area contributed by atoms with E-state index < -0.39 is 8.07 Å². The van der Waals surface area contributed by atoms with Crippen molar-refractivity contribution in [3.05, 3.63) is 53.1 Å². The lowest BCUT2D eigenvalue weighted by atomic mass is 10.1. The maximum absolute atomic E-state index is 14.7. The summed E-state index contributed by atoms with van der Waals surface area (Å²) in [5.74, 6) is -0.182. The van der Waals surface area contributed by atoms with Crippen LogP contribution in [0.3, 0.4) is 0 Å². The molecule has 0 spiro atoms. The molecule has 1 aromatic carbocycles. The molecule has 1 fully saturated rings. The van der Waals surface area contributed by atoms with Crippen LogP contribution >= 0.6 is 0 Å². The molecule has 1 heterocycles. The number of halogens is 1. The summed E-state index contributed by atoms with van der Waals surface area (Å²) in [6.07, 6.45) is 4.40. The third-order valence-corrected chi connectivity index (χ3v) is 8.03. The highest BCUT2D eigenvalue weighted by Crippen LogP contribution is 2.47. The Morgan fingerprint density at radius 2 is 2.04 bits per heavy atom. The van der Waals surface area contributed by atoms with Crippen molar-refractivity contribution >= 4 is 24.9 Å². The monoisotopic (exact) mass is 398 g/mol. The Morgan fingerprint density at radius 1 is 1.25 bits per heavy atom. The van der Waals surface area contributed by atoms with E-state index in [2.05, 4.69) is 29.9 Å². The molecule has 2 aliphatic carbocycles. The van der Waals surface area contributed by atoms with E-state index in [4.69, 9.17) is 4.74 Å². The van der Waals surface area contributed by atoms with Gasteiger partial charge in [0.15, 0.2) is 0 Å². The maximum Gasteiger partial charge on any atom is 0.309 e. The molecule has 2 aromatic rings. The van der Waals surface area contributed by atoms with Gasteiger partial charge in [0.25, 0.3) is 0 Å². The number of esters is 1. The van der Waals surface area contributed by atoms with Gasteiger partial charge in [0.05, 0.1) is 39.0 Å². The van der Waals surface area contributed by atoms with Gasteiger partial charge in [-0.1, -0.05) is 30.9 Å².